The first-order valence-electron chi connectivity index (χ1n) is 6.69. The van der Waals surface area contributed by atoms with Crippen molar-refractivity contribution in [3.05, 3.63) is 18.1 Å². The van der Waals surface area contributed by atoms with E-state index in [1.54, 1.807) is 0 Å². The van der Waals surface area contributed by atoms with E-state index in [4.69, 9.17) is 4.74 Å². The summed E-state index contributed by atoms with van der Waals surface area (Å²) in [7, 11) is 0. The van der Waals surface area contributed by atoms with Crippen LogP contribution < -0.4 is 4.90 Å². The number of aromatic carboxylic acids is 1. The summed E-state index contributed by atoms with van der Waals surface area (Å²) in [4.78, 5) is 21.4. The monoisotopic (exact) mass is 263 g/mol. The molecule has 1 aliphatic heterocycles. The predicted molar refractivity (Wildman–Crippen MR) is 68.3 cm³/mol. The minimum absolute atomic E-state index is 0.175. The highest BCUT2D eigenvalue weighted by atomic mass is 16.5. The van der Waals surface area contributed by atoms with Crippen LogP contribution in [0, 0.1) is 0 Å². The van der Waals surface area contributed by atoms with E-state index < -0.39 is 5.97 Å². The van der Waals surface area contributed by atoms with Crippen molar-refractivity contribution in [3.8, 4) is 0 Å². The number of carboxylic acids is 1. The normalized spacial score (nSPS) is 26.8. The van der Waals surface area contributed by atoms with Crippen molar-refractivity contribution in [2.75, 3.05) is 18.1 Å². The van der Waals surface area contributed by atoms with Crippen LogP contribution in [0.3, 0.4) is 0 Å². The zero-order valence-electron chi connectivity index (χ0n) is 10.7. The molecule has 0 amide bonds. The van der Waals surface area contributed by atoms with Gasteiger partial charge in [0, 0.05) is 12.7 Å². The molecule has 3 rings (SSSR count). The van der Waals surface area contributed by atoms with Crippen LogP contribution in [-0.2, 0) is 4.74 Å². The lowest BCUT2D eigenvalue weighted by Crippen LogP contribution is -2.53. The number of ether oxygens (including phenoxy) is 1. The Bertz CT molecular complexity index is 478. The summed E-state index contributed by atoms with van der Waals surface area (Å²) in [5, 5.41) is 9.25. The Morgan fingerprint density at radius 1 is 1.42 bits per heavy atom. The van der Waals surface area contributed by atoms with Gasteiger partial charge in [-0.2, -0.15) is 0 Å². The number of fused-ring (bicyclic) bond motifs is 1. The molecule has 2 unspecified atom stereocenters. The van der Waals surface area contributed by atoms with E-state index in [-0.39, 0.29) is 17.7 Å². The molecule has 0 aromatic carbocycles. The smallest absolute Gasteiger partial charge is 0.341 e. The van der Waals surface area contributed by atoms with Crippen molar-refractivity contribution in [2.45, 2.75) is 37.8 Å². The van der Waals surface area contributed by atoms with E-state index in [1.807, 2.05) is 0 Å². The van der Waals surface area contributed by atoms with Crippen LogP contribution in [0.1, 0.15) is 36.0 Å². The van der Waals surface area contributed by atoms with E-state index in [1.165, 1.54) is 18.9 Å². The average molecular weight is 263 g/mol. The van der Waals surface area contributed by atoms with Crippen molar-refractivity contribution in [2.24, 2.45) is 0 Å². The van der Waals surface area contributed by atoms with Gasteiger partial charge in [-0.25, -0.2) is 14.8 Å². The van der Waals surface area contributed by atoms with Gasteiger partial charge in [-0.15, -0.1) is 0 Å². The number of morpholine rings is 1. The molecule has 0 bridgehead atoms. The number of carboxylic acid groups (broad SMARTS) is 1. The summed E-state index contributed by atoms with van der Waals surface area (Å²) in [6, 6.07) is 0.246. The summed E-state index contributed by atoms with van der Waals surface area (Å²) in [6.07, 6.45) is 7.42. The zero-order chi connectivity index (χ0) is 13.2. The second-order valence-corrected chi connectivity index (χ2v) is 5.02. The number of carbonyl (C=O) groups is 1. The quantitative estimate of drug-likeness (QED) is 0.867. The highest BCUT2D eigenvalue weighted by Crippen LogP contribution is 2.32. The largest absolute Gasteiger partial charge is 0.477 e. The van der Waals surface area contributed by atoms with Crippen LogP contribution in [0.4, 0.5) is 5.82 Å². The van der Waals surface area contributed by atoms with E-state index in [0.29, 0.717) is 19.0 Å². The van der Waals surface area contributed by atoms with Gasteiger partial charge in [0.2, 0.25) is 0 Å². The third-order valence-corrected chi connectivity index (χ3v) is 3.93. The summed E-state index contributed by atoms with van der Waals surface area (Å²) in [6.45, 7) is 1.32. The lowest BCUT2D eigenvalue weighted by molar-refractivity contribution is -0.00911. The lowest BCUT2D eigenvalue weighted by atomic mass is 9.90. The second-order valence-electron chi connectivity index (χ2n) is 5.02. The standard InChI is InChI=1S/C13H17N3O3/c17-13(18)9-7-14-8-15-12(9)16-5-6-19-11-4-2-1-3-10(11)16/h7-8,10-11H,1-6H2,(H,17,18). The Balaban J connectivity index is 1.94. The Morgan fingerprint density at radius 2 is 2.26 bits per heavy atom. The number of aromatic nitrogens is 2. The van der Waals surface area contributed by atoms with Gasteiger partial charge < -0.3 is 14.7 Å². The molecule has 1 saturated carbocycles. The number of rotatable bonds is 2. The molecule has 1 saturated heterocycles. The number of hydrogen-bond donors (Lipinski definition) is 1. The molecule has 2 aliphatic rings. The van der Waals surface area contributed by atoms with Crippen LogP contribution in [0.25, 0.3) is 0 Å². The fourth-order valence-corrected chi connectivity index (χ4v) is 3.06. The SMILES string of the molecule is O=C(O)c1cncnc1N1CCOC2CCCCC21. The summed E-state index contributed by atoms with van der Waals surface area (Å²) in [5.41, 5.74) is 0.175. The van der Waals surface area contributed by atoms with Crippen LogP contribution in [0.15, 0.2) is 12.5 Å². The van der Waals surface area contributed by atoms with E-state index in [2.05, 4.69) is 14.9 Å². The maximum absolute atomic E-state index is 11.3. The van der Waals surface area contributed by atoms with Gasteiger partial charge in [0.25, 0.3) is 0 Å². The van der Waals surface area contributed by atoms with Crippen molar-refractivity contribution in [1.29, 1.82) is 0 Å². The fraction of sp³-hybridized carbons (Fsp3) is 0.615. The molecule has 1 aromatic heterocycles. The molecule has 19 heavy (non-hydrogen) atoms. The fourth-order valence-electron chi connectivity index (χ4n) is 3.06. The molecule has 0 spiro atoms. The molecular weight excluding hydrogens is 246 g/mol. The summed E-state index contributed by atoms with van der Waals surface area (Å²) < 4.78 is 5.80. The molecule has 0 radical (unpaired) electrons. The molecule has 2 atom stereocenters. The van der Waals surface area contributed by atoms with Crippen molar-refractivity contribution in [1.82, 2.24) is 9.97 Å². The number of nitrogens with zero attached hydrogens (tertiary/aromatic N) is 3. The van der Waals surface area contributed by atoms with Gasteiger partial charge in [-0.05, 0) is 12.8 Å². The molecular formula is C13H17N3O3. The van der Waals surface area contributed by atoms with Crippen molar-refractivity contribution in [3.63, 3.8) is 0 Å². The average Bonchev–Trinajstić information content (AvgIpc) is 2.46. The first kappa shape index (κ1) is 12.3. The summed E-state index contributed by atoms with van der Waals surface area (Å²) >= 11 is 0. The Morgan fingerprint density at radius 3 is 3.11 bits per heavy atom. The minimum atomic E-state index is -0.977. The Kier molecular flexibility index (Phi) is 3.33. The first-order valence-corrected chi connectivity index (χ1v) is 6.69. The second kappa shape index (κ2) is 5.13. The molecule has 102 valence electrons. The number of hydrogen-bond acceptors (Lipinski definition) is 5. The maximum atomic E-state index is 11.3. The molecule has 2 heterocycles. The van der Waals surface area contributed by atoms with Crippen LogP contribution in [0.2, 0.25) is 0 Å². The number of anilines is 1. The van der Waals surface area contributed by atoms with Crippen LogP contribution in [-0.4, -0.2) is 46.3 Å². The molecule has 6 heteroatoms. The third-order valence-electron chi connectivity index (χ3n) is 3.93. The topological polar surface area (TPSA) is 75.5 Å². The summed E-state index contributed by atoms with van der Waals surface area (Å²) in [5.74, 6) is -0.447. The highest BCUT2D eigenvalue weighted by Gasteiger charge is 2.36. The van der Waals surface area contributed by atoms with Gasteiger partial charge in [-0.1, -0.05) is 12.8 Å². The Hall–Kier alpha value is -1.69. The lowest BCUT2D eigenvalue weighted by Gasteiger charge is -2.44. The molecule has 1 aromatic rings. The van der Waals surface area contributed by atoms with Crippen molar-refractivity contribution < 1.29 is 14.6 Å². The minimum Gasteiger partial charge on any atom is -0.477 e. The molecule has 6 nitrogen and oxygen atoms in total. The van der Waals surface area contributed by atoms with E-state index in [0.717, 1.165) is 19.3 Å². The van der Waals surface area contributed by atoms with Gasteiger partial charge in [-0.3, -0.25) is 0 Å². The van der Waals surface area contributed by atoms with Crippen LogP contribution >= 0.6 is 0 Å². The van der Waals surface area contributed by atoms with Gasteiger partial charge in [0.15, 0.2) is 0 Å². The predicted octanol–water partition coefficient (Wildman–Crippen LogP) is 1.32. The molecule has 2 fully saturated rings. The third kappa shape index (κ3) is 2.28. The molecule has 1 aliphatic carbocycles. The van der Waals surface area contributed by atoms with Gasteiger partial charge >= 0.3 is 5.97 Å². The maximum Gasteiger partial charge on any atom is 0.341 e. The first-order chi connectivity index (χ1) is 9.27. The molecule has 1 N–H and O–H groups in total. The Labute approximate surface area is 111 Å². The van der Waals surface area contributed by atoms with Gasteiger partial charge in [0.05, 0.1) is 18.8 Å². The van der Waals surface area contributed by atoms with E-state index >= 15 is 0 Å². The van der Waals surface area contributed by atoms with Gasteiger partial charge in [0.1, 0.15) is 17.7 Å². The van der Waals surface area contributed by atoms with Crippen LogP contribution in [0.5, 0.6) is 0 Å². The van der Waals surface area contributed by atoms with Crippen molar-refractivity contribution >= 4 is 11.8 Å². The zero-order valence-corrected chi connectivity index (χ0v) is 10.7. The highest BCUT2D eigenvalue weighted by molar-refractivity contribution is 5.93. The van der Waals surface area contributed by atoms with E-state index in [9.17, 15) is 9.90 Å².